The summed E-state index contributed by atoms with van der Waals surface area (Å²) in [5, 5.41) is 31.2. The van der Waals surface area contributed by atoms with E-state index in [2.05, 4.69) is 0 Å². The Bertz CT molecular complexity index is 581. The normalized spacial score (nSPS) is 13.7. The molecule has 0 fully saturated rings. The van der Waals surface area contributed by atoms with Crippen LogP contribution in [0.4, 0.5) is 0 Å². The van der Waals surface area contributed by atoms with Crippen LogP contribution in [0, 0.1) is 20.2 Å². The summed E-state index contributed by atoms with van der Waals surface area (Å²) in [7, 11) is 0. The highest BCUT2D eigenvalue weighted by Crippen LogP contribution is 2.13. The molecule has 0 bridgehead atoms. The minimum absolute atomic E-state index is 0.00330. The van der Waals surface area contributed by atoms with Crippen LogP contribution in [0.25, 0.3) is 0 Å². The lowest BCUT2D eigenvalue weighted by atomic mass is 10.1. The van der Waals surface area contributed by atoms with Crippen LogP contribution < -0.4 is 0 Å². The molecule has 1 rings (SSSR count). The van der Waals surface area contributed by atoms with E-state index in [1.807, 2.05) is 30.3 Å². The highest BCUT2D eigenvalue weighted by Gasteiger charge is 2.17. The van der Waals surface area contributed by atoms with E-state index in [-0.39, 0.29) is 24.2 Å². The molecule has 0 saturated heterocycles. The number of hydrogen-bond acceptors (Lipinski definition) is 5. The Morgan fingerprint density at radius 3 is 2.36 bits per heavy atom. The summed E-state index contributed by atoms with van der Waals surface area (Å²) >= 11 is 0. The number of benzene rings is 1. The molecule has 1 aromatic rings. The number of allylic oxidation sites excluding steroid dienone is 2. The molecule has 0 amide bonds. The molecule has 118 valence electrons. The Kier molecular flexibility index (Phi) is 6.91. The van der Waals surface area contributed by atoms with Gasteiger partial charge in [-0.2, -0.15) is 0 Å². The Morgan fingerprint density at radius 1 is 1.18 bits per heavy atom. The van der Waals surface area contributed by atoms with Gasteiger partial charge in [-0.25, -0.2) is 0 Å². The maximum Gasteiger partial charge on any atom is 0.245 e. The van der Waals surface area contributed by atoms with E-state index in [9.17, 15) is 25.3 Å². The van der Waals surface area contributed by atoms with Crippen molar-refractivity contribution in [1.82, 2.24) is 0 Å². The fourth-order valence-corrected chi connectivity index (χ4v) is 1.79. The Hall–Kier alpha value is -2.54. The molecule has 1 N–H and O–H groups in total. The van der Waals surface area contributed by atoms with Crippen LogP contribution in [-0.2, 0) is 6.42 Å². The molecule has 0 saturated carbocycles. The standard InChI is InChI=1S/C15H18N2O5/c1-12(16(19)20)7-10-15(18)11-14(17(21)22)9-8-13-5-3-2-4-6-13/h2-7,9,15,18H,8,10-11H2,1H3. The first-order chi connectivity index (χ1) is 10.4. The van der Waals surface area contributed by atoms with Crippen molar-refractivity contribution in [3.05, 3.63) is 79.7 Å². The molecule has 0 aliphatic carbocycles. The highest BCUT2D eigenvalue weighted by molar-refractivity contribution is 5.18. The smallest absolute Gasteiger partial charge is 0.245 e. The van der Waals surface area contributed by atoms with Crippen LogP contribution >= 0.6 is 0 Å². The topological polar surface area (TPSA) is 107 Å². The molecule has 0 heterocycles. The Labute approximate surface area is 127 Å². The number of aliphatic hydroxyl groups excluding tert-OH is 1. The summed E-state index contributed by atoms with van der Waals surface area (Å²) in [5.41, 5.74) is 0.749. The quantitative estimate of drug-likeness (QED) is 0.587. The van der Waals surface area contributed by atoms with Crippen molar-refractivity contribution in [2.75, 3.05) is 0 Å². The van der Waals surface area contributed by atoms with Crippen LogP contribution in [0.15, 0.2) is 53.9 Å². The minimum Gasteiger partial charge on any atom is -0.392 e. The van der Waals surface area contributed by atoms with Crippen LogP contribution in [-0.4, -0.2) is 21.1 Å². The third kappa shape index (κ3) is 6.27. The van der Waals surface area contributed by atoms with Gasteiger partial charge >= 0.3 is 0 Å². The SMILES string of the molecule is CC(=CCC(O)CC(=CCc1ccccc1)[N+](=O)[O-])[N+](=O)[O-]. The summed E-state index contributed by atoms with van der Waals surface area (Å²) in [6.45, 7) is 1.31. The van der Waals surface area contributed by atoms with Crippen LogP contribution in [0.2, 0.25) is 0 Å². The summed E-state index contributed by atoms with van der Waals surface area (Å²) in [6, 6.07) is 9.25. The lowest BCUT2D eigenvalue weighted by Gasteiger charge is -2.06. The van der Waals surface area contributed by atoms with Crippen molar-refractivity contribution in [3.8, 4) is 0 Å². The summed E-state index contributed by atoms with van der Waals surface area (Å²) in [6.07, 6.45) is 1.95. The van der Waals surface area contributed by atoms with Crippen molar-refractivity contribution in [1.29, 1.82) is 0 Å². The van der Waals surface area contributed by atoms with E-state index < -0.39 is 16.0 Å². The van der Waals surface area contributed by atoms with E-state index in [0.717, 1.165) is 5.56 Å². The molecule has 0 aliphatic rings. The van der Waals surface area contributed by atoms with E-state index in [1.54, 1.807) is 0 Å². The maximum atomic E-state index is 11.0. The van der Waals surface area contributed by atoms with Gasteiger partial charge in [0.2, 0.25) is 11.4 Å². The zero-order valence-electron chi connectivity index (χ0n) is 12.2. The van der Waals surface area contributed by atoms with Gasteiger partial charge < -0.3 is 5.11 Å². The number of rotatable bonds is 8. The molecule has 1 unspecified atom stereocenters. The second-order valence-corrected chi connectivity index (χ2v) is 4.84. The maximum absolute atomic E-state index is 11.0. The predicted molar refractivity (Wildman–Crippen MR) is 81.2 cm³/mol. The van der Waals surface area contributed by atoms with Crippen LogP contribution in [0.5, 0.6) is 0 Å². The Balaban J connectivity index is 2.66. The van der Waals surface area contributed by atoms with E-state index in [4.69, 9.17) is 0 Å². The van der Waals surface area contributed by atoms with Gasteiger partial charge in [0, 0.05) is 6.92 Å². The van der Waals surface area contributed by atoms with Crippen molar-refractivity contribution in [2.24, 2.45) is 0 Å². The van der Waals surface area contributed by atoms with Crippen molar-refractivity contribution in [3.63, 3.8) is 0 Å². The molecular formula is C15H18N2O5. The summed E-state index contributed by atoms with van der Waals surface area (Å²) in [5.74, 6) is 0. The molecule has 0 aromatic heterocycles. The number of nitro groups is 2. The fourth-order valence-electron chi connectivity index (χ4n) is 1.79. The highest BCUT2D eigenvalue weighted by atomic mass is 16.6. The fraction of sp³-hybridized carbons (Fsp3) is 0.333. The zero-order chi connectivity index (χ0) is 16.5. The molecular weight excluding hydrogens is 288 g/mol. The first kappa shape index (κ1) is 17.5. The third-order valence-electron chi connectivity index (χ3n) is 3.07. The van der Waals surface area contributed by atoms with Gasteiger partial charge in [-0.05, 0) is 30.6 Å². The first-order valence-electron chi connectivity index (χ1n) is 6.76. The molecule has 7 nitrogen and oxygen atoms in total. The Morgan fingerprint density at radius 2 is 1.82 bits per heavy atom. The second kappa shape index (κ2) is 8.68. The predicted octanol–water partition coefficient (Wildman–Crippen LogP) is 2.71. The van der Waals surface area contributed by atoms with Gasteiger partial charge in [-0.1, -0.05) is 30.3 Å². The van der Waals surface area contributed by atoms with E-state index in [1.165, 1.54) is 19.1 Å². The lowest BCUT2D eigenvalue weighted by molar-refractivity contribution is -0.429. The molecule has 0 aliphatic heterocycles. The largest absolute Gasteiger partial charge is 0.392 e. The van der Waals surface area contributed by atoms with Gasteiger partial charge in [-0.15, -0.1) is 0 Å². The van der Waals surface area contributed by atoms with Crippen LogP contribution in [0.3, 0.4) is 0 Å². The van der Waals surface area contributed by atoms with Crippen LogP contribution in [0.1, 0.15) is 25.3 Å². The number of aliphatic hydroxyl groups is 1. The second-order valence-electron chi connectivity index (χ2n) is 4.84. The van der Waals surface area contributed by atoms with E-state index >= 15 is 0 Å². The zero-order valence-corrected chi connectivity index (χ0v) is 12.2. The van der Waals surface area contributed by atoms with Gasteiger partial charge in [0.1, 0.15) is 0 Å². The average molecular weight is 306 g/mol. The van der Waals surface area contributed by atoms with Gasteiger partial charge in [0.05, 0.1) is 22.4 Å². The summed E-state index contributed by atoms with van der Waals surface area (Å²) < 4.78 is 0. The molecule has 0 radical (unpaired) electrons. The summed E-state index contributed by atoms with van der Waals surface area (Å²) in [4.78, 5) is 20.3. The molecule has 1 atom stereocenters. The van der Waals surface area contributed by atoms with Gasteiger partial charge in [-0.3, -0.25) is 20.2 Å². The molecule has 7 heteroatoms. The van der Waals surface area contributed by atoms with Crippen molar-refractivity contribution < 1.29 is 15.0 Å². The minimum atomic E-state index is -1.03. The lowest BCUT2D eigenvalue weighted by Crippen LogP contribution is -2.12. The van der Waals surface area contributed by atoms with Gasteiger partial charge in [0.25, 0.3) is 0 Å². The first-order valence-corrected chi connectivity index (χ1v) is 6.76. The van der Waals surface area contributed by atoms with Crippen molar-refractivity contribution >= 4 is 0 Å². The third-order valence-corrected chi connectivity index (χ3v) is 3.07. The van der Waals surface area contributed by atoms with E-state index in [0.29, 0.717) is 6.42 Å². The molecule has 1 aromatic carbocycles. The monoisotopic (exact) mass is 306 g/mol. The average Bonchev–Trinajstić information content (AvgIpc) is 2.49. The molecule has 22 heavy (non-hydrogen) atoms. The number of hydrogen-bond donors (Lipinski definition) is 1. The van der Waals surface area contributed by atoms with Crippen molar-refractivity contribution in [2.45, 2.75) is 32.3 Å². The van der Waals surface area contributed by atoms with Gasteiger partial charge in [0.15, 0.2) is 0 Å². The number of nitrogens with zero attached hydrogens (tertiary/aromatic N) is 2. The molecule has 0 spiro atoms.